The van der Waals surface area contributed by atoms with Crippen LogP contribution in [-0.2, 0) is 11.3 Å². The van der Waals surface area contributed by atoms with E-state index < -0.39 is 0 Å². The van der Waals surface area contributed by atoms with Crippen LogP contribution >= 0.6 is 0 Å². The number of para-hydroxylation sites is 1. The number of methoxy groups -OCH3 is 1. The molecule has 1 aromatic carbocycles. The van der Waals surface area contributed by atoms with Gasteiger partial charge in [0.15, 0.2) is 11.5 Å². The molecule has 1 saturated heterocycles. The number of nitrogens with one attached hydrogen (secondary N) is 1. The third kappa shape index (κ3) is 3.83. The van der Waals surface area contributed by atoms with Crippen LogP contribution in [0, 0.1) is 0 Å². The first-order valence-electron chi connectivity index (χ1n) is 6.70. The summed E-state index contributed by atoms with van der Waals surface area (Å²) in [5, 5.41) is 3.34. The molecule has 19 heavy (non-hydrogen) atoms. The van der Waals surface area contributed by atoms with Gasteiger partial charge in [0.1, 0.15) is 6.10 Å². The van der Waals surface area contributed by atoms with Crippen molar-refractivity contribution in [3.05, 3.63) is 23.8 Å². The molecule has 1 atom stereocenters. The van der Waals surface area contributed by atoms with Crippen molar-refractivity contribution < 1.29 is 14.3 Å². The topological polar surface area (TPSA) is 65.7 Å². The Kier molecular flexibility index (Phi) is 5.44. The zero-order valence-corrected chi connectivity index (χ0v) is 11.4. The van der Waals surface area contributed by atoms with Crippen LogP contribution in [0.4, 0.5) is 0 Å². The van der Waals surface area contributed by atoms with Crippen molar-refractivity contribution in [2.75, 3.05) is 26.8 Å². The molecule has 0 aromatic heterocycles. The Bertz CT molecular complexity index is 392. The fraction of sp³-hybridized carbons (Fsp3) is 0.571. The van der Waals surface area contributed by atoms with E-state index in [-0.39, 0.29) is 6.10 Å². The highest BCUT2D eigenvalue weighted by atomic mass is 16.6. The van der Waals surface area contributed by atoms with Crippen LogP contribution in [0.3, 0.4) is 0 Å². The molecule has 1 heterocycles. The van der Waals surface area contributed by atoms with Gasteiger partial charge in [-0.15, -0.1) is 0 Å². The third-order valence-corrected chi connectivity index (χ3v) is 3.30. The third-order valence-electron chi connectivity index (χ3n) is 3.30. The van der Waals surface area contributed by atoms with Crippen LogP contribution in [0.1, 0.15) is 18.4 Å². The van der Waals surface area contributed by atoms with Crippen molar-refractivity contribution in [1.82, 2.24) is 5.32 Å². The number of rotatable bonds is 6. The molecule has 0 bridgehead atoms. The highest BCUT2D eigenvalue weighted by Gasteiger charge is 2.17. The van der Waals surface area contributed by atoms with Gasteiger partial charge in [0, 0.05) is 18.5 Å². The van der Waals surface area contributed by atoms with Crippen molar-refractivity contribution >= 4 is 0 Å². The molecule has 1 unspecified atom stereocenters. The van der Waals surface area contributed by atoms with Crippen LogP contribution in [0.2, 0.25) is 0 Å². The van der Waals surface area contributed by atoms with Crippen LogP contribution < -0.4 is 20.7 Å². The second-order valence-corrected chi connectivity index (χ2v) is 4.66. The first kappa shape index (κ1) is 14.1. The summed E-state index contributed by atoms with van der Waals surface area (Å²) in [6.45, 7) is 2.43. The normalized spacial score (nSPS) is 19.2. The fourth-order valence-corrected chi connectivity index (χ4v) is 2.35. The van der Waals surface area contributed by atoms with Gasteiger partial charge in [0.2, 0.25) is 0 Å². The molecular formula is C14H22N2O3. The minimum Gasteiger partial charge on any atom is -0.493 e. The lowest BCUT2D eigenvalue weighted by molar-refractivity contribution is 0.140. The van der Waals surface area contributed by atoms with E-state index in [1.807, 2.05) is 18.2 Å². The highest BCUT2D eigenvalue weighted by molar-refractivity contribution is 5.46. The van der Waals surface area contributed by atoms with Gasteiger partial charge in [-0.3, -0.25) is 0 Å². The number of ether oxygens (including phenoxy) is 2. The van der Waals surface area contributed by atoms with Gasteiger partial charge in [0.05, 0.1) is 13.7 Å². The van der Waals surface area contributed by atoms with Crippen LogP contribution in [0.5, 0.6) is 11.5 Å². The maximum atomic E-state index is 6.04. The van der Waals surface area contributed by atoms with Crippen LogP contribution in [0.15, 0.2) is 18.2 Å². The average Bonchev–Trinajstić information content (AvgIpc) is 2.46. The van der Waals surface area contributed by atoms with Crippen molar-refractivity contribution in [1.29, 1.82) is 0 Å². The smallest absolute Gasteiger partial charge is 0.164 e. The molecule has 1 fully saturated rings. The van der Waals surface area contributed by atoms with E-state index in [1.165, 1.54) is 0 Å². The molecule has 5 nitrogen and oxygen atoms in total. The predicted molar refractivity (Wildman–Crippen MR) is 73.4 cm³/mol. The minimum atomic E-state index is 0.212. The number of hydrogen-bond donors (Lipinski definition) is 2. The molecule has 1 aromatic rings. The van der Waals surface area contributed by atoms with Gasteiger partial charge < -0.3 is 19.6 Å². The van der Waals surface area contributed by atoms with Gasteiger partial charge in [-0.25, -0.2) is 5.90 Å². The number of piperidine rings is 1. The van der Waals surface area contributed by atoms with E-state index in [4.69, 9.17) is 15.4 Å². The summed E-state index contributed by atoms with van der Waals surface area (Å²) >= 11 is 0. The maximum Gasteiger partial charge on any atom is 0.164 e. The monoisotopic (exact) mass is 266 g/mol. The standard InChI is InChI=1S/C14H22N2O3/c1-17-14-11(7-9-18-15)4-2-6-13(14)19-12-5-3-8-16-10-12/h2,4,6,12,16H,3,5,7-10,15H2,1H3. The molecule has 1 aliphatic heterocycles. The SMILES string of the molecule is COc1c(CCON)cccc1OC1CCCNC1. The van der Waals surface area contributed by atoms with Gasteiger partial charge in [0.25, 0.3) is 0 Å². The molecule has 0 saturated carbocycles. The van der Waals surface area contributed by atoms with Gasteiger partial charge in [-0.1, -0.05) is 12.1 Å². The number of benzene rings is 1. The Morgan fingerprint density at radius 1 is 1.42 bits per heavy atom. The molecular weight excluding hydrogens is 244 g/mol. The summed E-state index contributed by atoms with van der Waals surface area (Å²) in [6.07, 6.45) is 3.14. The van der Waals surface area contributed by atoms with E-state index in [1.54, 1.807) is 7.11 Å². The molecule has 2 rings (SSSR count). The molecule has 0 spiro atoms. The molecule has 5 heteroatoms. The molecule has 1 aliphatic rings. The first-order chi connectivity index (χ1) is 9.35. The van der Waals surface area contributed by atoms with E-state index in [0.717, 1.165) is 43.0 Å². The average molecular weight is 266 g/mol. The summed E-state index contributed by atoms with van der Waals surface area (Å²) in [5.41, 5.74) is 1.05. The summed E-state index contributed by atoms with van der Waals surface area (Å²) in [5.74, 6) is 6.65. The van der Waals surface area contributed by atoms with E-state index in [2.05, 4.69) is 10.2 Å². The molecule has 0 aliphatic carbocycles. The Labute approximate surface area is 114 Å². The maximum absolute atomic E-state index is 6.04. The molecule has 0 amide bonds. The Morgan fingerprint density at radius 3 is 3.00 bits per heavy atom. The van der Waals surface area contributed by atoms with Crippen LogP contribution in [-0.4, -0.2) is 32.9 Å². The largest absolute Gasteiger partial charge is 0.493 e. The predicted octanol–water partition coefficient (Wildman–Crippen LogP) is 1.26. The van der Waals surface area contributed by atoms with Crippen molar-refractivity contribution in [3.8, 4) is 11.5 Å². The van der Waals surface area contributed by atoms with E-state index in [0.29, 0.717) is 13.0 Å². The quantitative estimate of drug-likeness (QED) is 0.759. The Morgan fingerprint density at radius 2 is 2.32 bits per heavy atom. The van der Waals surface area contributed by atoms with Gasteiger partial charge >= 0.3 is 0 Å². The van der Waals surface area contributed by atoms with Gasteiger partial charge in [-0.2, -0.15) is 0 Å². The second-order valence-electron chi connectivity index (χ2n) is 4.66. The zero-order chi connectivity index (χ0) is 13.5. The Hall–Kier alpha value is -1.30. The highest BCUT2D eigenvalue weighted by Crippen LogP contribution is 2.32. The van der Waals surface area contributed by atoms with E-state index >= 15 is 0 Å². The first-order valence-corrected chi connectivity index (χ1v) is 6.70. The molecule has 0 radical (unpaired) electrons. The second kappa shape index (κ2) is 7.33. The summed E-state index contributed by atoms with van der Waals surface area (Å²) in [4.78, 5) is 4.63. The lowest BCUT2D eigenvalue weighted by Crippen LogP contribution is -2.37. The Balaban J connectivity index is 2.09. The van der Waals surface area contributed by atoms with Crippen LogP contribution in [0.25, 0.3) is 0 Å². The van der Waals surface area contributed by atoms with Crippen molar-refractivity contribution in [3.63, 3.8) is 0 Å². The zero-order valence-electron chi connectivity index (χ0n) is 11.4. The summed E-state index contributed by atoms with van der Waals surface area (Å²) < 4.78 is 11.5. The number of hydrogen-bond acceptors (Lipinski definition) is 5. The number of nitrogens with two attached hydrogens (primary N) is 1. The minimum absolute atomic E-state index is 0.212. The fourth-order valence-electron chi connectivity index (χ4n) is 2.35. The summed E-state index contributed by atoms with van der Waals surface area (Å²) in [6, 6.07) is 5.92. The summed E-state index contributed by atoms with van der Waals surface area (Å²) in [7, 11) is 1.66. The lowest BCUT2D eigenvalue weighted by Gasteiger charge is -2.25. The van der Waals surface area contributed by atoms with E-state index in [9.17, 15) is 0 Å². The molecule has 106 valence electrons. The van der Waals surface area contributed by atoms with Crippen molar-refractivity contribution in [2.24, 2.45) is 5.90 Å². The molecule has 3 N–H and O–H groups in total. The lowest BCUT2D eigenvalue weighted by atomic mass is 10.1. The van der Waals surface area contributed by atoms with Gasteiger partial charge in [-0.05, 0) is 25.5 Å². The van der Waals surface area contributed by atoms with Crippen molar-refractivity contribution in [2.45, 2.75) is 25.4 Å².